The van der Waals surface area contributed by atoms with Crippen LogP contribution in [-0.2, 0) is 10.3 Å². The summed E-state index contributed by atoms with van der Waals surface area (Å²) in [4.78, 5) is 20.6. The van der Waals surface area contributed by atoms with Crippen LogP contribution < -0.4 is 10.6 Å². The highest BCUT2D eigenvalue weighted by Gasteiger charge is 2.48. The summed E-state index contributed by atoms with van der Waals surface area (Å²) in [6.07, 6.45) is 9.10. The Morgan fingerprint density at radius 2 is 2.33 bits per heavy atom. The van der Waals surface area contributed by atoms with Crippen molar-refractivity contribution in [3.8, 4) is 0 Å². The molecule has 5 heteroatoms. The average molecular weight is 246 g/mol. The maximum atomic E-state index is 12.2. The highest BCUT2D eigenvalue weighted by molar-refractivity contribution is 5.80. The summed E-state index contributed by atoms with van der Waals surface area (Å²) >= 11 is 0. The molecule has 2 fully saturated rings. The first kappa shape index (κ1) is 11.6. The average Bonchev–Trinajstić information content (AvgIpc) is 3.22. The number of piperidine rings is 1. The molecule has 0 bridgehead atoms. The molecule has 18 heavy (non-hydrogen) atoms. The Bertz CT molecular complexity index is 424. The van der Waals surface area contributed by atoms with Crippen molar-refractivity contribution in [2.75, 3.05) is 13.1 Å². The molecule has 3 rings (SSSR count). The lowest BCUT2D eigenvalue weighted by Gasteiger charge is -2.25. The molecule has 2 aliphatic rings. The third kappa shape index (κ3) is 2.22. The van der Waals surface area contributed by atoms with E-state index in [9.17, 15) is 4.79 Å². The Kier molecular flexibility index (Phi) is 2.99. The lowest BCUT2D eigenvalue weighted by molar-refractivity contribution is -0.126. The molecule has 1 atom stereocenters. The Morgan fingerprint density at radius 1 is 1.44 bits per heavy atom. The maximum absolute atomic E-state index is 12.2. The molecule has 1 aromatic heterocycles. The van der Waals surface area contributed by atoms with Gasteiger partial charge in [0.25, 0.3) is 0 Å². The van der Waals surface area contributed by atoms with Crippen LogP contribution in [0.3, 0.4) is 0 Å². The molecule has 2 N–H and O–H groups in total. The van der Waals surface area contributed by atoms with E-state index in [0.29, 0.717) is 0 Å². The van der Waals surface area contributed by atoms with Crippen molar-refractivity contribution in [1.29, 1.82) is 0 Å². The normalized spacial score (nSPS) is 25.4. The van der Waals surface area contributed by atoms with Gasteiger partial charge in [-0.2, -0.15) is 0 Å². The molecule has 1 unspecified atom stereocenters. The Labute approximate surface area is 106 Å². The quantitative estimate of drug-likeness (QED) is 0.819. The molecule has 5 nitrogen and oxygen atoms in total. The van der Waals surface area contributed by atoms with Gasteiger partial charge in [0.2, 0.25) is 5.91 Å². The smallest absolute Gasteiger partial charge is 0.225 e. The molecular formula is C13H18N4O. The molecule has 1 aromatic rings. The Balaban J connectivity index is 1.67. The predicted molar refractivity (Wildman–Crippen MR) is 66.7 cm³/mol. The van der Waals surface area contributed by atoms with Crippen molar-refractivity contribution in [2.24, 2.45) is 5.92 Å². The number of hydrogen-bond donors (Lipinski definition) is 2. The minimum atomic E-state index is -0.233. The van der Waals surface area contributed by atoms with E-state index in [2.05, 4.69) is 20.6 Å². The fourth-order valence-corrected chi connectivity index (χ4v) is 2.53. The highest BCUT2D eigenvalue weighted by Crippen LogP contribution is 2.44. The summed E-state index contributed by atoms with van der Waals surface area (Å²) in [7, 11) is 0. The first-order chi connectivity index (χ1) is 8.80. The van der Waals surface area contributed by atoms with E-state index in [4.69, 9.17) is 0 Å². The van der Waals surface area contributed by atoms with Crippen LogP contribution in [0.1, 0.15) is 31.4 Å². The lowest BCUT2D eigenvalue weighted by atomic mass is 9.98. The van der Waals surface area contributed by atoms with Gasteiger partial charge in [0.15, 0.2) is 0 Å². The lowest BCUT2D eigenvalue weighted by Crippen LogP contribution is -2.44. The van der Waals surface area contributed by atoms with Crippen molar-refractivity contribution in [2.45, 2.75) is 31.2 Å². The van der Waals surface area contributed by atoms with E-state index < -0.39 is 0 Å². The van der Waals surface area contributed by atoms with E-state index in [1.165, 1.54) is 0 Å². The number of hydrogen-bond acceptors (Lipinski definition) is 4. The van der Waals surface area contributed by atoms with Crippen molar-refractivity contribution in [1.82, 2.24) is 20.6 Å². The third-order valence-electron chi connectivity index (χ3n) is 3.83. The molecule has 1 saturated heterocycles. The van der Waals surface area contributed by atoms with Crippen LogP contribution in [0, 0.1) is 5.92 Å². The second-order valence-corrected chi connectivity index (χ2v) is 5.21. The zero-order chi connectivity index (χ0) is 12.4. The van der Waals surface area contributed by atoms with E-state index in [-0.39, 0.29) is 17.4 Å². The van der Waals surface area contributed by atoms with Gasteiger partial charge in [0.05, 0.1) is 23.3 Å². The highest BCUT2D eigenvalue weighted by atomic mass is 16.2. The van der Waals surface area contributed by atoms with Crippen LogP contribution in [0.5, 0.6) is 0 Å². The van der Waals surface area contributed by atoms with Gasteiger partial charge in [-0.1, -0.05) is 0 Å². The van der Waals surface area contributed by atoms with Gasteiger partial charge in [0.1, 0.15) is 0 Å². The van der Waals surface area contributed by atoms with Crippen LogP contribution in [0.15, 0.2) is 18.6 Å². The molecule has 1 saturated carbocycles. The zero-order valence-electron chi connectivity index (χ0n) is 10.4. The molecule has 1 aliphatic heterocycles. The largest absolute Gasteiger partial charge is 0.345 e. The topological polar surface area (TPSA) is 66.9 Å². The molecule has 2 heterocycles. The van der Waals surface area contributed by atoms with Crippen LogP contribution in [0.25, 0.3) is 0 Å². The summed E-state index contributed by atoms with van der Waals surface area (Å²) < 4.78 is 0. The van der Waals surface area contributed by atoms with E-state index in [0.717, 1.165) is 44.5 Å². The van der Waals surface area contributed by atoms with Crippen LogP contribution in [0.2, 0.25) is 0 Å². The predicted octanol–water partition coefficient (Wildman–Crippen LogP) is 0.582. The number of amides is 1. The van der Waals surface area contributed by atoms with Gasteiger partial charge in [0, 0.05) is 18.9 Å². The Morgan fingerprint density at radius 3 is 2.94 bits per heavy atom. The number of nitrogens with one attached hydrogen (secondary N) is 2. The summed E-state index contributed by atoms with van der Waals surface area (Å²) in [6.45, 7) is 1.82. The van der Waals surface area contributed by atoms with Crippen LogP contribution in [-0.4, -0.2) is 29.0 Å². The number of rotatable bonds is 3. The third-order valence-corrected chi connectivity index (χ3v) is 3.83. The Hall–Kier alpha value is -1.49. The van der Waals surface area contributed by atoms with Gasteiger partial charge in [-0.05, 0) is 32.2 Å². The van der Waals surface area contributed by atoms with Crippen molar-refractivity contribution in [3.05, 3.63) is 24.3 Å². The maximum Gasteiger partial charge on any atom is 0.225 e. The van der Waals surface area contributed by atoms with E-state index >= 15 is 0 Å². The van der Waals surface area contributed by atoms with E-state index in [1.807, 2.05) is 0 Å². The molecule has 0 radical (unpaired) electrons. The summed E-state index contributed by atoms with van der Waals surface area (Å²) in [6, 6.07) is 0. The SMILES string of the molecule is O=C(NC1(c2cnccn2)CC1)C1CCCNC1. The van der Waals surface area contributed by atoms with Crippen molar-refractivity contribution < 1.29 is 4.79 Å². The van der Waals surface area contributed by atoms with Crippen LogP contribution >= 0.6 is 0 Å². The number of nitrogens with zero attached hydrogens (tertiary/aromatic N) is 2. The van der Waals surface area contributed by atoms with Gasteiger partial charge in [-0.25, -0.2) is 0 Å². The van der Waals surface area contributed by atoms with Gasteiger partial charge >= 0.3 is 0 Å². The summed E-state index contributed by atoms with van der Waals surface area (Å²) in [5.74, 6) is 0.262. The van der Waals surface area contributed by atoms with Crippen LogP contribution in [0.4, 0.5) is 0 Å². The molecule has 0 spiro atoms. The molecule has 1 aliphatic carbocycles. The fraction of sp³-hybridized carbons (Fsp3) is 0.615. The molecule has 1 amide bonds. The zero-order valence-corrected chi connectivity index (χ0v) is 10.4. The van der Waals surface area contributed by atoms with E-state index in [1.54, 1.807) is 18.6 Å². The summed E-state index contributed by atoms with van der Waals surface area (Å²) in [5, 5.41) is 6.44. The second kappa shape index (κ2) is 4.65. The van der Waals surface area contributed by atoms with Gasteiger partial charge in [-0.15, -0.1) is 0 Å². The molecule has 0 aromatic carbocycles. The summed E-state index contributed by atoms with van der Waals surface area (Å²) in [5.41, 5.74) is 0.658. The number of carbonyl (C=O) groups excluding carboxylic acids is 1. The second-order valence-electron chi connectivity index (χ2n) is 5.21. The minimum absolute atomic E-state index is 0.105. The van der Waals surface area contributed by atoms with Gasteiger partial charge < -0.3 is 10.6 Å². The number of aromatic nitrogens is 2. The van der Waals surface area contributed by atoms with Crippen molar-refractivity contribution in [3.63, 3.8) is 0 Å². The molecular weight excluding hydrogens is 228 g/mol. The standard InChI is InChI=1S/C13H18N4O/c18-12(10-2-1-5-14-8-10)17-13(3-4-13)11-9-15-6-7-16-11/h6-7,9-10,14H,1-5,8H2,(H,17,18). The minimum Gasteiger partial charge on any atom is -0.345 e. The fourth-order valence-electron chi connectivity index (χ4n) is 2.53. The van der Waals surface area contributed by atoms with Gasteiger partial charge in [-0.3, -0.25) is 14.8 Å². The monoisotopic (exact) mass is 246 g/mol. The molecule has 96 valence electrons. The first-order valence-electron chi connectivity index (χ1n) is 6.59. The van der Waals surface area contributed by atoms with Crippen molar-refractivity contribution >= 4 is 5.91 Å². The first-order valence-corrected chi connectivity index (χ1v) is 6.59. The number of carbonyl (C=O) groups is 1.